The van der Waals surface area contributed by atoms with Gasteiger partial charge in [0.15, 0.2) is 6.29 Å². The smallest absolute Gasteiger partial charge is 0.330 e. The number of aliphatic hydroxyl groups is 1. The third-order valence-corrected chi connectivity index (χ3v) is 4.86. The number of rotatable bonds is 8. The summed E-state index contributed by atoms with van der Waals surface area (Å²) >= 11 is 0. The van der Waals surface area contributed by atoms with Gasteiger partial charge in [-0.2, -0.15) is 0 Å². The molecule has 4 unspecified atom stereocenters. The lowest BCUT2D eigenvalue weighted by Gasteiger charge is -2.34. The second-order valence-electron chi connectivity index (χ2n) is 7.25. The molecule has 1 heterocycles. The molecule has 29 heavy (non-hydrogen) atoms. The standard InChI is InChI=1S/C23H28O6/c1-4-20-10-15(3)28-23(29-20)18-7-6-17-12-21(9-8-16(17)11-18)26-13-19(24)14-27-22(25)5-2/h5-9,11-12,15,19-20,23-24H,2,4,10,13-14H2,1,3H3. The van der Waals surface area contributed by atoms with E-state index in [1.54, 1.807) is 0 Å². The minimum absolute atomic E-state index is 0.0219. The van der Waals surface area contributed by atoms with Gasteiger partial charge < -0.3 is 24.1 Å². The summed E-state index contributed by atoms with van der Waals surface area (Å²) in [6.45, 7) is 7.39. The quantitative estimate of drug-likeness (QED) is 0.535. The lowest BCUT2D eigenvalue weighted by molar-refractivity contribution is -0.243. The first-order chi connectivity index (χ1) is 14.0. The number of hydrogen-bond donors (Lipinski definition) is 1. The highest BCUT2D eigenvalue weighted by Gasteiger charge is 2.27. The Bertz CT molecular complexity index is 848. The highest BCUT2D eigenvalue weighted by molar-refractivity contribution is 5.84. The van der Waals surface area contributed by atoms with Crippen LogP contribution in [0.2, 0.25) is 0 Å². The Morgan fingerprint density at radius 1 is 1.24 bits per heavy atom. The number of carbonyl (C=O) groups is 1. The van der Waals surface area contributed by atoms with Crippen molar-refractivity contribution >= 4 is 16.7 Å². The molecule has 2 aromatic rings. The van der Waals surface area contributed by atoms with E-state index in [2.05, 4.69) is 26.5 Å². The second-order valence-corrected chi connectivity index (χ2v) is 7.25. The minimum Gasteiger partial charge on any atom is -0.491 e. The molecular weight excluding hydrogens is 372 g/mol. The van der Waals surface area contributed by atoms with Crippen LogP contribution >= 0.6 is 0 Å². The molecule has 1 N–H and O–H groups in total. The van der Waals surface area contributed by atoms with E-state index in [4.69, 9.17) is 18.9 Å². The first-order valence-electron chi connectivity index (χ1n) is 9.93. The predicted octanol–water partition coefficient (Wildman–Crippen LogP) is 3.91. The summed E-state index contributed by atoms with van der Waals surface area (Å²) in [4.78, 5) is 11.0. The molecule has 0 spiro atoms. The van der Waals surface area contributed by atoms with Gasteiger partial charge in [0.05, 0.1) is 12.2 Å². The molecule has 2 aromatic carbocycles. The zero-order valence-electron chi connectivity index (χ0n) is 16.9. The number of ether oxygens (including phenoxy) is 4. The Morgan fingerprint density at radius 2 is 2.00 bits per heavy atom. The number of aliphatic hydroxyl groups excluding tert-OH is 1. The Kier molecular flexibility index (Phi) is 7.25. The minimum atomic E-state index is -0.911. The number of esters is 1. The summed E-state index contributed by atoms with van der Waals surface area (Å²) < 4.78 is 22.4. The zero-order chi connectivity index (χ0) is 20.8. The van der Waals surface area contributed by atoms with Crippen LogP contribution in [0.25, 0.3) is 10.8 Å². The SMILES string of the molecule is C=CC(=O)OCC(O)COc1ccc2cc(C3OC(C)CC(CC)O3)ccc2c1. The molecule has 0 bridgehead atoms. The van der Waals surface area contributed by atoms with Crippen molar-refractivity contribution in [1.82, 2.24) is 0 Å². The Hall–Kier alpha value is -2.41. The van der Waals surface area contributed by atoms with Crippen LogP contribution in [-0.2, 0) is 19.0 Å². The summed E-state index contributed by atoms with van der Waals surface area (Å²) in [5.74, 6) is 0.0559. The van der Waals surface area contributed by atoms with Crippen LogP contribution in [0.15, 0.2) is 49.1 Å². The molecule has 1 aliphatic rings. The summed E-state index contributed by atoms with van der Waals surface area (Å²) in [5, 5.41) is 11.9. The summed E-state index contributed by atoms with van der Waals surface area (Å²) in [7, 11) is 0. The van der Waals surface area contributed by atoms with Crippen molar-refractivity contribution in [2.45, 2.75) is 51.3 Å². The van der Waals surface area contributed by atoms with Gasteiger partial charge in [0.2, 0.25) is 0 Å². The predicted molar refractivity (Wildman–Crippen MR) is 110 cm³/mol. The number of fused-ring (bicyclic) bond motifs is 1. The summed E-state index contributed by atoms with van der Waals surface area (Å²) in [5.41, 5.74) is 0.996. The molecule has 0 radical (unpaired) electrons. The Balaban J connectivity index is 1.63. The zero-order valence-corrected chi connectivity index (χ0v) is 16.9. The first-order valence-corrected chi connectivity index (χ1v) is 9.93. The molecule has 1 fully saturated rings. The Morgan fingerprint density at radius 3 is 2.76 bits per heavy atom. The van der Waals surface area contributed by atoms with E-state index in [1.807, 2.05) is 30.3 Å². The molecule has 3 rings (SSSR count). The maximum absolute atomic E-state index is 11.0. The van der Waals surface area contributed by atoms with Crippen molar-refractivity contribution in [1.29, 1.82) is 0 Å². The summed E-state index contributed by atoms with van der Waals surface area (Å²) in [6.07, 6.45) is 2.06. The third-order valence-electron chi connectivity index (χ3n) is 4.86. The van der Waals surface area contributed by atoms with Gasteiger partial charge in [-0.25, -0.2) is 4.79 Å². The summed E-state index contributed by atoms with van der Waals surface area (Å²) in [6, 6.07) is 11.8. The van der Waals surface area contributed by atoms with Crippen LogP contribution in [0.3, 0.4) is 0 Å². The van der Waals surface area contributed by atoms with Crippen molar-refractivity contribution in [3.8, 4) is 5.75 Å². The molecule has 1 saturated heterocycles. The molecule has 0 amide bonds. The normalized spacial score (nSPS) is 22.8. The largest absolute Gasteiger partial charge is 0.491 e. The van der Waals surface area contributed by atoms with Crippen LogP contribution in [0.4, 0.5) is 0 Å². The maximum atomic E-state index is 11.0. The highest BCUT2D eigenvalue weighted by Crippen LogP contribution is 2.33. The number of benzene rings is 2. The van der Waals surface area contributed by atoms with Crippen molar-refractivity contribution in [3.05, 3.63) is 54.6 Å². The van der Waals surface area contributed by atoms with Crippen LogP contribution in [0.5, 0.6) is 5.75 Å². The van der Waals surface area contributed by atoms with E-state index in [0.29, 0.717) is 5.75 Å². The number of hydrogen-bond acceptors (Lipinski definition) is 6. The van der Waals surface area contributed by atoms with Gasteiger partial charge in [0, 0.05) is 11.6 Å². The topological polar surface area (TPSA) is 74.2 Å². The fourth-order valence-electron chi connectivity index (χ4n) is 3.28. The molecule has 0 saturated carbocycles. The van der Waals surface area contributed by atoms with E-state index in [-0.39, 0.29) is 31.7 Å². The van der Waals surface area contributed by atoms with E-state index >= 15 is 0 Å². The molecule has 4 atom stereocenters. The van der Waals surface area contributed by atoms with Gasteiger partial charge in [0.1, 0.15) is 25.1 Å². The van der Waals surface area contributed by atoms with Crippen LogP contribution in [0, 0.1) is 0 Å². The van der Waals surface area contributed by atoms with E-state index in [0.717, 1.165) is 35.3 Å². The van der Waals surface area contributed by atoms with Crippen molar-refractivity contribution in [3.63, 3.8) is 0 Å². The average Bonchev–Trinajstić information content (AvgIpc) is 2.74. The van der Waals surface area contributed by atoms with Gasteiger partial charge in [-0.15, -0.1) is 0 Å². The lowest BCUT2D eigenvalue weighted by atomic mass is 10.0. The van der Waals surface area contributed by atoms with Crippen molar-refractivity contribution in [2.24, 2.45) is 0 Å². The van der Waals surface area contributed by atoms with Crippen LogP contribution in [-0.4, -0.2) is 42.6 Å². The fourth-order valence-corrected chi connectivity index (χ4v) is 3.28. The van der Waals surface area contributed by atoms with Gasteiger partial charge in [-0.3, -0.25) is 0 Å². The van der Waals surface area contributed by atoms with Crippen LogP contribution < -0.4 is 4.74 Å². The van der Waals surface area contributed by atoms with Gasteiger partial charge in [0.25, 0.3) is 0 Å². The highest BCUT2D eigenvalue weighted by atomic mass is 16.7. The van der Waals surface area contributed by atoms with Crippen LogP contribution in [0.1, 0.15) is 38.5 Å². The fraction of sp³-hybridized carbons (Fsp3) is 0.435. The molecular formula is C23H28O6. The van der Waals surface area contributed by atoms with E-state index < -0.39 is 12.1 Å². The molecule has 0 aliphatic carbocycles. The van der Waals surface area contributed by atoms with Gasteiger partial charge in [-0.05, 0) is 48.7 Å². The number of carbonyl (C=O) groups excluding carboxylic acids is 1. The first kappa shape index (κ1) is 21.3. The third kappa shape index (κ3) is 5.79. The molecule has 6 heteroatoms. The molecule has 0 aromatic heterocycles. The van der Waals surface area contributed by atoms with Gasteiger partial charge >= 0.3 is 5.97 Å². The van der Waals surface area contributed by atoms with Gasteiger partial charge in [-0.1, -0.05) is 31.7 Å². The molecule has 1 aliphatic heterocycles. The maximum Gasteiger partial charge on any atom is 0.330 e. The lowest BCUT2D eigenvalue weighted by Crippen LogP contribution is -2.31. The average molecular weight is 400 g/mol. The monoisotopic (exact) mass is 400 g/mol. The van der Waals surface area contributed by atoms with Crippen molar-refractivity contribution in [2.75, 3.05) is 13.2 Å². The van der Waals surface area contributed by atoms with E-state index in [1.165, 1.54) is 0 Å². The molecule has 6 nitrogen and oxygen atoms in total. The van der Waals surface area contributed by atoms with Crippen molar-refractivity contribution < 1.29 is 28.8 Å². The molecule has 156 valence electrons. The second kappa shape index (κ2) is 9.87. The van der Waals surface area contributed by atoms with E-state index in [9.17, 15) is 9.90 Å². The Labute approximate surface area is 171 Å².